The molecule has 0 unspecified atom stereocenters. The van der Waals surface area contributed by atoms with E-state index in [9.17, 15) is 9.59 Å². The van der Waals surface area contributed by atoms with Gasteiger partial charge in [0.15, 0.2) is 0 Å². The first-order valence-electron chi connectivity index (χ1n) is 6.37. The molecule has 0 bridgehead atoms. The summed E-state index contributed by atoms with van der Waals surface area (Å²) < 4.78 is 4.58. The van der Waals surface area contributed by atoms with E-state index in [1.54, 1.807) is 13.0 Å². The minimum atomic E-state index is -0.647. The van der Waals surface area contributed by atoms with Crippen LogP contribution in [0.25, 0.3) is 0 Å². The van der Waals surface area contributed by atoms with Gasteiger partial charge in [0.05, 0.1) is 7.11 Å². The number of carbonyl (C=O) groups excluding carboxylic acids is 2. The predicted octanol–water partition coefficient (Wildman–Crippen LogP) is 1.34. The van der Waals surface area contributed by atoms with Crippen molar-refractivity contribution < 1.29 is 14.3 Å². The van der Waals surface area contributed by atoms with Crippen LogP contribution in [0.1, 0.15) is 29.3 Å². The second-order valence-electron chi connectivity index (χ2n) is 4.62. The molecule has 0 aliphatic carbocycles. The standard InChI is InChI=1S/C14H18N2O3/c1-9(14(18)19-2)16-13(17)11-5-6-12-10(8-11)4-3-7-15-12/h5-6,8-9,15H,3-4,7H2,1-2H3,(H,16,17)/t9-/m0/s1. The number of benzene rings is 1. The van der Waals surface area contributed by atoms with Gasteiger partial charge in [0.25, 0.3) is 5.91 Å². The molecule has 0 aromatic heterocycles. The van der Waals surface area contributed by atoms with Gasteiger partial charge in [-0.15, -0.1) is 0 Å². The van der Waals surface area contributed by atoms with E-state index in [1.165, 1.54) is 7.11 Å². The number of anilines is 1. The smallest absolute Gasteiger partial charge is 0.328 e. The molecule has 0 spiro atoms. The molecule has 0 radical (unpaired) electrons. The summed E-state index contributed by atoms with van der Waals surface area (Å²) in [6.45, 7) is 2.57. The minimum absolute atomic E-state index is 0.258. The summed E-state index contributed by atoms with van der Waals surface area (Å²) in [5.41, 5.74) is 2.80. The number of hydrogen-bond donors (Lipinski definition) is 2. The van der Waals surface area contributed by atoms with E-state index in [0.29, 0.717) is 5.56 Å². The van der Waals surface area contributed by atoms with Crippen LogP contribution in [0.3, 0.4) is 0 Å². The van der Waals surface area contributed by atoms with Crippen LogP contribution in [0.2, 0.25) is 0 Å². The molecule has 1 atom stereocenters. The van der Waals surface area contributed by atoms with Crippen LogP contribution in [0.5, 0.6) is 0 Å². The van der Waals surface area contributed by atoms with E-state index in [2.05, 4.69) is 15.4 Å². The summed E-state index contributed by atoms with van der Waals surface area (Å²) in [6, 6.07) is 4.90. The molecule has 5 heteroatoms. The average molecular weight is 262 g/mol. The quantitative estimate of drug-likeness (QED) is 0.807. The molecule has 1 aliphatic rings. The van der Waals surface area contributed by atoms with Crippen molar-refractivity contribution in [1.82, 2.24) is 5.32 Å². The number of ether oxygens (including phenoxy) is 1. The van der Waals surface area contributed by atoms with E-state index in [0.717, 1.165) is 30.6 Å². The molecular weight excluding hydrogens is 244 g/mol. The van der Waals surface area contributed by atoms with Crippen molar-refractivity contribution in [3.63, 3.8) is 0 Å². The Morgan fingerprint density at radius 3 is 2.95 bits per heavy atom. The Hall–Kier alpha value is -2.04. The second kappa shape index (κ2) is 5.73. The molecule has 2 N–H and O–H groups in total. The normalized spacial score (nSPS) is 14.8. The van der Waals surface area contributed by atoms with Crippen molar-refractivity contribution >= 4 is 17.6 Å². The van der Waals surface area contributed by atoms with Crippen LogP contribution in [0.4, 0.5) is 5.69 Å². The topological polar surface area (TPSA) is 67.4 Å². The van der Waals surface area contributed by atoms with Gasteiger partial charge >= 0.3 is 5.97 Å². The lowest BCUT2D eigenvalue weighted by molar-refractivity contribution is -0.142. The Labute approximate surface area is 112 Å². The third-order valence-electron chi connectivity index (χ3n) is 3.21. The number of hydrogen-bond acceptors (Lipinski definition) is 4. The Morgan fingerprint density at radius 1 is 1.42 bits per heavy atom. The monoisotopic (exact) mass is 262 g/mol. The third kappa shape index (κ3) is 3.05. The number of fused-ring (bicyclic) bond motifs is 1. The lowest BCUT2D eigenvalue weighted by Gasteiger charge is -2.19. The van der Waals surface area contributed by atoms with Gasteiger partial charge < -0.3 is 15.4 Å². The fourth-order valence-electron chi connectivity index (χ4n) is 2.13. The van der Waals surface area contributed by atoms with Crippen LogP contribution in [0, 0.1) is 0 Å². The third-order valence-corrected chi connectivity index (χ3v) is 3.21. The number of carbonyl (C=O) groups is 2. The Morgan fingerprint density at radius 2 is 2.21 bits per heavy atom. The van der Waals surface area contributed by atoms with E-state index in [4.69, 9.17) is 0 Å². The van der Waals surface area contributed by atoms with E-state index < -0.39 is 12.0 Å². The van der Waals surface area contributed by atoms with Gasteiger partial charge in [0.1, 0.15) is 6.04 Å². The average Bonchev–Trinajstić information content (AvgIpc) is 2.45. The molecule has 0 saturated heterocycles. The van der Waals surface area contributed by atoms with E-state index in [1.807, 2.05) is 12.1 Å². The summed E-state index contributed by atoms with van der Waals surface area (Å²) >= 11 is 0. The van der Waals surface area contributed by atoms with Crippen molar-refractivity contribution in [2.75, 3.05) is 19.0 Å². The molecule has 5 nitrogen and oxygen atoms in total. The molecule has 19 heavy (non-hydrogen) atoms. The highest BCUT2D eigenvalue weighted by atomic mass is 16.5. The first-order chi connectivity index (χ1) is 9.11. The maximum absolute atomic E-state index is 12.0. The lowest BCUT2D eigenvalue weighted by atomic mass is 10.0. The first-order valence-corrected chi connectivity index (χ1v) is 6.37. The SMILES string of the molecule is COC(=O)[C@H](C)NC(=O)c1ccc2c(c1)CCCN2. The van der Waals surface area contributed by atoms with Gasteiger partial charge in [-0.3, -0.25) is 4.79 Å². The number of nitrogens with one attached hydrogen (secondary N) is 2. The van der Waals surface area contributed by atoms with Crippen LogP contribution in [-0.4, -0.2) is 31.6 Å². The molecule has 0 saturated carbocycles. The highest BCUT2D eigenvalue weighted by molar-refractivity contribution is 5.97. The zero-order valence-corrected chi connectivity index (χ0v) is 11.2. The van der Waals surface area contributed by atoms with Crippen LogP contribution >= 0.6 is 0 Å². The van der Waals surface area contributed by atoms with Crippen molar-refractivity contribution in [3.8, 4) is 0 Å². The van der Waals surface area contributed by atoms with Gasteiger partial charge in [-0.2, -0.15) is 0 Å². The van der Waals surface area contributed by atoms with Crippen LogP contribution in [-0.2, 0) is 16.0 Å². The number of esters is 1. The molecule has 2 rings (SSSR count). The lowest BCUT2D eigenvalue weighted by Crippen LogP contribution is -2.39. The molecule has 102 valence electrons. The fraction of sp³-hybridized carbons (Fsp3) is 0.429. The molecule has 1 heterocycles. The summed E-state index contributed by atoms with van der Waals surface area (Å²) in [4.78, 5) is 23.3. The second-order valence-corrected chi connectivity index (χ2v) is 4.62. The Bertz CT molecular complexity index is 499. The van der Waals surface area contributed by atoms with Crippen molar-refractivity contribution in [2.45, 2.75) is 25.8 Å². The van der Waals surface area contributed by atoms with Crippen molar-refractivity contribution in [3.05, 3.63) is 29.3 Å². The highest BCUT2D eigenvalue weighted by Crippen LogP contribution is 2.22. The fourth-order valence-corrected chi connectivity index (χ4v) is 2.13. The zero-order chi connectivity index (χ0) is 13.8. The summed E-state index contributed by atoms with van der Waals surface area (Å²) in [7, 11) is 1.30. The maximum Gasteiger partial charge on any atom is 0.328 e. The minimum Gasteiger partial charge on any atom is -0.467 e. The number of rotatable bonds is 3. The van der Waals surface area contributed by atoms with Crippen LogP contribution < -0.4 is 10.6 Å². The highest BCUT2D eigenvalue weighted by Gasteiger charge is 2.18. The number of aryl methyl sites for hydroxylation is 1. The molecule has 1 aromatic rings. The zero-order valence-electron chi connectivity index (χ0n) is 11.2. The molecule has 1 aliphatic heterocycles. The van der Waals surface area contributed by atoms with Gasteiger partial charge in [-0.05, 0) is 43.5 Å². The van der Waals surface area contributed by atoms with Gasteiger partial charge in [-0.1, -0.05) is 0 Å². The molecule has 0 fully saturated rings. The van der Waals surface area contributed by atoms with E-state index in [-0.39, 0.29) is 5.91 Å². The molecule has 1 aromatic carbocycles. The number of methoxy groups -OCH3 is 1. The maximum atomic E-state index is 12.0. The molecular formula is C14H18N2O3. The van der Waals surface area contributed by atoms with E-state index >= 15 is 0 Å². The van der Waals surface area contributed by atoms with Crippen molar-refractivity contribution in [1.29, 1.82) is 0 Å². The summed E-state index contributed by atoms with van der Waals surface area (Å²) in [6.07, 6.45) is 2.03. The predicted molar refractivity (Wildman–Crippen MR) is 72.2 cm³/mol. The van der Waals surface area contributed by atoms with Gasteiger partial charge in [-0.25, -0.2) is 4.79 Å². The van der Waals surface area contributed by atoms with Crippen LogP contribution in [0.15, 0.2) is 18.2 Å². The largest absolute Gasteiger partial charge is 0.467 e. The Balaban J connectivity index is 2.09. The van der Waals surface area contributed by atoms with Gasteiger partial charge in [0.2, 0.25) is 0 Å². The summed E-state index contributed by atoms with van der Waals surface area (Å²) in [5.74, 6) is -0.709. The first kappa shape index (κ1) is 13.4. The molecule has 1 amide bonds. The Kier molecular flexibility index (Phi) is 4.04. The number of amides is 1. The summed E-state index contributed by atoms with van der Waals surface area (Å²) in [5, 5.41) is 5.91. The van der Waals surface area contributed by atoms with Crippen molar-refractivity contribution in [2.24, 2.45) is 0 Å². The van der Waals surface area contributed by atoms with Gasteiger partial charge in [0, 0.05) is 17.8 Å².